The Kier molecular flexibility index (Phi) is 6.40. The minimum atomic E-state index is -0.669. The second-order valence-corrected chi connectivity index (χ2v) is 6.91. The summed E-state index contributed by atoms with van der Waals surface area (Å²) in [5.41, 5.74) is 2.04. The number of methoxy groups -OCH3 is 1. The van der Waals surface area contributed by atoms with E-state index < -0.39 is 11.6 Å². The first kappa shape index (κ1) is 21.7. The zero-order valence-electron chi connectivity index (χ0n) is 17.5. The number of halogens is 2. The lowest BCUT2D eigenvalue weighted by atomic mass is 10.2. The number of hydrogen-bond donors (Lipinski definition) is 3. The lowest BCUT2D eigenvalue weighted by Crippen LogP contribution is -2.12. The van der Waals surface area contributed by atoms with Crippen molar-refractivity contribution in [3.05, 3.63) is 96.2 Å². The van der Waals surface area contributed by atoms with Crippen molar-refractivity contribution in [3.8, 4) is 5.75 Å². The van der Waals surface area contributed by atoms with Crippen LogP contribution in [0.4, 0.5) is 37.6 Å². The highest BCUT2D eigenvalue weighted by molar-refractivity contribution is 6.04. The summed E-state index contributed by atoms with van der Waals surface area (Å²) in [4.78, 5) is 20.7. The Morgan fingerprint density at radius 3 is 2.33 bits per heavy atom. The normalized spacial score (nSPS) is 10.4. The number of carbonyl (C=O) groups excluding carboxylic acids is 1. The van der Waals surface area contributed by atoms with Gasteiger partial charge in [0.15, 0.2) is 11.6 Å². The number of ether oxygens (including phenoxy) is 1. The molecule has 1 heterocycles. The number of aromatic nitrogens is 2. The lowest BCUT2D eigenvalue weighted by molar-refractivity contribution is 0.102. The van der Waals surface area contributed by atoms with Crippen LogP contribution in [-0.2, 0) is 0 Å². The summed E-state index contributed by atoms with van der Waals surface area (Å²) in [5, 5.41) is 8.55. The standard InChI is InChI=1S/C24H19F2N5O2/c1-33-20-11-9-18(10-12-20)29-23(32)15-3-2-4-19(13-15)30-24-27-14-21(26)22(31-24)28-17-7-5-16(25)6-8-17/h2-14H,1H3,(H,29,32)(H2,27,28,30,31). The van der Waals surface area contributed by atoms with Crippen molar-refractivity contribution in [2.45, 2.75) is 0 Å². The molecule has 3 N–H and O–H groups in total. The van der Waals surface area contributed by atoms with Gasteiger partial charge in [-0.05, 0) is 66.7 Å². The number of nitrogens with zero attached hydrogens (tertiary/aromatic N) is 2. The molecule has 0 unspecified atom stereocenters. The average molecular weight is 447 g/mol. The van der Waals surface area contributed by atoms with Gasteiger partial charge in [0.05, 0.1) is 13.3 Å². The van der Waals surface area contributed by atoms with E-state index in [4.69, 9.17) is 4.74 Å². The van der Waals surface area contributed by atoms with Crippen molar-refractivity contribution < 1.29 is 18.3 Å². The van der Waals surface area contributed by atoms with Gasteiger partial charge in [0.1, 0.15) is 11.6 Å². The lowest BCUT2D eigenvalue weighted by Gasteiger charge is -2.11. The molecule has 0 radical (unpaired) electrons. The number of carbonyl (C=O) groups is 1. The Bertz CT molecular complexity index is 1260. The van der Waals surface area contributed by atoms with Crippen molar-refractivity contribution in [1.29, 1.82) is 0 Å². The Balaban J connectivity index is 1.47. The first-order valence-corrected chi connectivity index (χ1v) is 9.88. The van der Waals surface area contributed by atoms with Crippen molar-refractivity contribution in [2.75, 3.05) is 23.1 Å². The van der Waals surface area contributed by atoms with Crippen LogP contribution >= 0.6 is 0 Å². The number of amides is 1. The first-order valence-electron chi connectivity index (χ1n) is 9.88. The third-order valence-electron chi connectivity index (χ3n) is 4.58. The molecule has 4 rings (SSSR count). The Morgan fingerprint density at radius 1 is 0.879 bits per heavy atom. The van der Waals surface area contributed by atoms with E-state index >= 15 is 0 Å². The fourth-order valence-electron chi connectivity index (χ4n) is 2.93. The third kappa shape index (κ3) is 5.59. The maximum atomic E-state index is 14.1. The molecule has 0 spiro atoms. The van der Waals surface area contributed by atoms with E-state index in [9.17, 15) is 13.6 Å². The summed E-state index contributed by atoms with van der Waals surface area (Å²) < 4.78 is 32.3. The van der Waals surface area contributed by atoms with Crippen LogP contribution in [0.2, 0.25) is 0 Å². The second-order valence-electron chi connectivity index (χ2n) is 6.91. The van der Waals surface area contributed by atoms with E-state index in [-0.39, 0.29) is 17.7 Å². The summed E-state index contributed by atoms with van der Waals surface area (Å²) in [6.45, 7) is 0. The zero-order valence-corrected chi connectivity index (χ0v) is 17.5. The summed E-state index contributed by atoms with van der Waals surface area (Å²) in [6.07, 6.45) is 1.02. The molecule has 0 aliphatic rings. The number of anilines is 5. The van der Waals surface area contributed by atoms with Crippen LogP contribution in [0.1, 0.15) is 10.4 Å². The van der Waals surface area contributed by atoms with Gasteiger partial charge in [-0.15, -0.1) is 0 Å². The van der Waals surface area contributed by atoms with E-state index in [0.717, 1.165) is 6.20 Å². The molecule has 1 amide bonds. The minimum absolute atomic E-state index is 0.0764. The highest BCUT2D eigenvalue weighted by atomic mass is 19.1. The van der Waals surface area contributed by atoms with Crippen LogP contribution in [0.5, 0.6) is 5.75 Å². The van der Waals surface area contributed by atoms with Crippen LogP contribution in [0.3, 0.4) is 0 Å². The Labute approximate surface area is 188 Å². The molecule has 1 aromatic heterocycles. The molecule has 9 heteroatoms. The third-order valence-corrected chi connectivity index (χ3v) is 4.58. The molecule has 0 bridgehead atoms. The smallest absolute Gasteiger partial charge is 0.255 e. The predicted molar refractivity (Wildman–Crippen MR) is 122 cm³/mol. The van der Waals surface area contributed by atoms with Gasteiger partial charge in [-0.1, -0.05) is 6.07 Å². The zero-order chi connectivity index (χ0) is 23.2. The van der Waals surface area contributed by atoms with Gasteiger partial charge >= 0.3 is 0 Å². The molecule has 0 atom stereocenters. The monoisotopic (exact) mass is 447 g/mol. The van der Waals surface area contributed by atoms with Crippen LogP contribution in [-0.4, -0.2) is 23.0 Å². The predicted octanol–water partition coefficient (Wildman–Crippen LogP) is 5.50. The van der Waals surface area contributed by atoms with Crippen molar-refractivity contribution in [1.82, 2.24) is 9.97 Å². The number of rotatable bonds is 7. The van der Waals surface area contributed by atoms with Gasteiger partial charge in [0, 0.05) is 22.6 Å². The van der Waals surface area contributed by atoms with Crippen LogP contribution in [0.25, 0.3) is 0 Å². The molecule has 0 aliphatic carbocycles. The van der Waals surface area contributed by atoms with Crippen molar-refractivity contribution in [3.63, 3.8) is 0 Å². The van der Waals surface area contributed by atoms with E-state index in [1.54, 1.807) is 55.6 Å². The van der Waals surface area contributed by atoms with E-state index in [0.29, 0.717) is 28.4 Å². The highest BCUT2D eigenvalue weighted by Crippen LogP contribution is 2.22. The van der Waals surface area contributed by atoms with E-state index in [1.807, 2.05) is 0 Å². The topological polar surface area (TPSA) is 88.2 Å². The molecule has 0 saturated heterocycles. The van der Waals surface area contributed by atoms with Crippen molar-refractivity contribution >= 4 is 34.7 Å². The number of benzene rings is 3. The fourth-order valence-corrected chi connectivity index (χ4v) is 2.93. The summed E-state index contributed by atoms with van der Waals surface area (Å²) in [5.74, 6) is -0.644. The average Bonchev–Trinajstić information content (AvgIpc) is 2.83. The van der Waals surface area contributed by atoms with Crippen LogP contribution in [0, 0.1) is 11.6 Å². The molecule has 33 heavy (non-hydrogen) atoms. The maximum absolute atomic E-state index is 14.1. The molecular weight excluding hydrogens is 428 g/mol. The molecule has 166 valence electrons. The Hall–Kier alpha value is -4.53. The Morgan fingerprint density at radius 2 is 1.61 bits per heavy atom. The van der Waals surface area contributed by atoms with Crippen LogP contribution < -0.4 is 20.7 Å². The molecular formula is C24H19F2N5O2. The molecule has 4 aromatic rings. The van der Waals surface area contributed by atoms with Gasteiger partial charge in [-0.25, -0.2) is 13.8 Å². The molecule has 3 aromatic carbocycles. The SMILES string of the molecule is COc1ccc(NC(=O)c2cccc(Nc3ncc(F)c(Nc4ccc(F)cc4)n3)c2)cc1. The van der Waals surface area contributed by atoms with E-state index in [1.165, 1.54) is 24.3 Å². The molecule has 0 aliphatic heterocycles. The van der Waals surface area contributed by atoms with Gasteiger partial charge in [-0.2, -0.15) is 4.98 Å². The number of nitrogens with one attached hydrogen (secondary N) is 3. The van der Waals surface area contributed by atoms with Crippen molar-refractivity contribution in [2.24, 2.45) is 0 Å². The molecule has 0 fully saturated rings. The van der Waals surface area contributed by atoms with E-state index in [2.05, 4.69) is 25.9 Å². The fraction of sp³-hybridized carbons (Fsp3) is 0.0417. The summed E-state index contributed by atoms with van der Waals surface area (Å²) in [7, 11) is 1.57. The van der Waals surface area contributed by atoms with Gasteiger partial charge in [0.25, 0.3) is 5.91 Å². The first-order chi connectivity index (χ1) is 16.0. The largest absolute Gasteiger partial charge is 0.497 e. The van der Waals surface area contributed by atoms with Crippen LogP contribution in [0.15, 0.2) is 79.0 Å². The summed E-state index contributed by atoms with van der Waals surface area (Å²) in [6, 6.07) is 19.1. The van der Waals surface area contributed by atoms with Gasteiger partial charge in [-0.3, -0.25) is 4.79 Å². The van der Waals surface area contributed by atoms with Gasteiger partial charge < -0.3 is 20.7 Å². The summed E-state index contributed by atoms with van der Waals surface area (Å²) >= 11 is 0. The van der Waals surface area contributed by atoms with Gasteiger partial charge in [0.2, 0.25) is 5.95 Å². The highest BCUT2D eigenvalue weighted by Gasteiger charge is 2.10. The molecule has 7 nitrogen and oxygen atoms in total. The second kappa shape index (κ2) is 9.73. The quantitative estimate of drug-likeness (QED) is 0.347. The molecule has 0 saturated carbocycles. The maximum Gasteiger partial charge on any atom is 0.255 e. The number of hydrogen-bond acceptors (Lipinski definition) is 6. The minimum Gasteiger partial charge on any atom is -0.497 e.